The van der Waals surface area contributed by atoms with Gasteiger partial charge in [0.15, 0.2) is 11.6 Å². The summed E-state index contributed by atoms with van der Waals surface area (Å²) >= 11 is 14.1. The Labute approximate surface area is 156 Å². The molecule has 0 spiro atoms. The van der Waals surface area contributed by atoms with Gasteiger partial charge in [-0.05, 0) is 29.9 Å². The van der Waals surface area contributed by atoms with E-state index in [2.05, 4.69) is 29.1 Å². The van der Waals surface area contributed by atoms with Crippen LogP contribution in [0.5, 0.6) is 5.75 Å². The van der Waals surface area contributed by atoms with Gasteiger partial charge in [0.25, 0.3) is 0 Å². The Morgan fingerprint density at radius 3 is 2.50 bits per heavy atom. The van der Waals surface area contributed by atoms with Gasteiger partial charge < -0.3 is 4.74 Å². The van der Waals surface area contributed by atoms with Gasteiger partial charge in [0.1, 0.15) is 0 Å². The van der Waals surface area contributed by atoms with Crippen LogP contribution in [0.4, 0.5) is 0 Å². The third kappa shape index (κ3) is 4.65. The van der Waals surface area contributed by atoms with Crippen LogP contribution in [0.3, 0.4) is 0 Å². The molecule has 0 fully saturated rings. The van der Waals surface area contributed by atoms with Gasteiger partial charge in [0.2, 0.25) is 5.16 Å². The van der Waals surface area contributed by atoms with E-state index < -0.39 is 0 Å². The second kappa shape index (κ2) is 8.74. The Hall–Kier alpha value is -1.24. The summed E-state index contributed by atoms with van der Waals surface area (Å²) in [4.78, 5) is 0. The Balaban J connectivity index is 2.26. The van der Waals surface area contributed by atoms with Crippen LogP contribution in [0.15, 0.2) is 22.4 Å². The summed E-state index contributed by atoms with van der Waals surface area (Å²) in [5.41, 5.74) is 0.782. The van der Waals surface area contributed by atoms with Crippen LogP contribution in [0.25, 0.3) is 0 Å². The average molecular weight is 387 g/mol. The molecule has 0 aliphatic heterocycles. The van der Waals surface area contributed by atoms with Gasteiger partial charge in [0, 0.05) is 6.42 Å². The first kappa shape index (κ1) is 19.1. The predicted molar refractivity (Wildman–Crippen MR) is 101 cm³/mol. The van der Waals surface area contributed by atoms with Gasteiger partial charge in [-0.2, -0.15) is 9.78 Å². The number of halogens is 2. The Morgan fingerprint density at radius 1 is 1.29 bits per heavy atom. The quantitative estimate of drug-likeness (QED) is 0.507. The number of thioether (sulfide) groups is 1. The Bertz CT molecular complexity index is 686. The topological polar surface area (TPSA) is 52.3 Å². The molecule has 0 atom stereocenters. The van der Waals surface area contributed by atoms with E-state index in [0.717, 1.165) is 23.0 Å². The fraction of sp³-hybridized carbons (Fsp3) is 0.438. The number of hydrogen-bond acceptors (Lipinski definition) is 5. The van der Waals surface area contributed by atoms with E-state index >= 15 is 0 Å². The second-order valence-corrected chi connectivity index (χ2v) is 7.12. The third-order valence-corrected chi connectivity index (χ3v) is 4.26. The highest BCUT2D eigenvalue weighted by atomic mass is 35.5. The largest absolute Gasteiger partial charge is 0.490 e. The van der Waals surface area contributed by atoms with Crippen molar-refractivity contribution >= 4 is 41.2 Å². The summed E-state index contributed by atoms with van der Waals surface area (Å²) in [7, 11) is 0. The number of ether oxygens (including phenoxy) is 1. The normalized spacial score (nSPS) is 11.6. The summed E-state index contributed by atoms with van der Waals surface area (Å²) < 4.78 is 7.39. The lowest BCUT2D eigenvalue weighted by atomic mass is 10.2. The zero-order chi connectivity index (χ0) is 17.7. The van der Waals surface area contributed by atoms with Crippen LogP contribution in [0.2, 0.25) is 10.0 Å². The van der Waals surface area contributed by atoms with E-state index in [4.69, 9.17) is 27.9 Å². The van der Waals surface area contributed by atoms with Crippen molar-refractivity contribution in [1.29, 1.82) is 0 Å². The van der Waals surface area contributed by atoms with Gasteiger partial charge in [-0.15, -0.1) is 10.2 Å². The summed E-state index contributed by atoms with van der Waals surface area (Å²) in [5, 5.41) is 14.3. The smallest absolute Gasteiger partial charge is 0.211 e. The molecule has 24 heavy (non-hydrogen) atoms. The minimum absolute atomic E-state index is 0.393. The molecule has 0 amide bonds. The van der Waals surface area contributed by atoms with Crippen LogP contribution in [0.1, 0.15) is 32.2 Å². The van der Waals surface area contributed by atoms with Crippen LogP contribution in [0, 0.1) is 5.92 Å². The maximum absolute atomic E-state index is 6.29. The van der Waals surface area contributed by atoms with E-state index in [1.54, 1.807) is 23.0 Å². The highest BCUT2D eigenvalue weighted by Gasteiger charge is 2.11. The maximum Gasteiger partial charge on any atom is 0.211 e. The van der Waals surface area contributed by atoms with E-state index in [9.17, 15) is 0 Å². The molecule has 0 unspecified atom stereocenters. The monoisotopic (exact) mass is 386 g/mol. The number of hydrogen-bond donors (Lipinski definition) is 0. The van der Waals surface area contributed by atoms with Crippen molar-refractivity contribution in [2.75, 3.05) is 12.9 Å². The average Bonchev–Trinajstić information content (AvgIpc) is 2.93. The summed E-state index contributed by atoms with van der Waals surface area (Å²) in [5.74, 6) is 1.70. The van der Waals surface area contributed by atoms with Gasteiger partial charge in [-0.25, -0.2) is 0 Å². The molecule has 1 heterocycles. The molecule has 5 nitrogen and oxygen atoms in total. The molecule has 8 heteroatoms. The van der Waals surface area contributed by atoms with Gasteiger partial charge in [-0.1, -0.05) is 55.7 Å². The molecule has 2 rings (SSSR count). The fourth-order valence-corrected chi connectivity index (χ4v) is 2.99. The van der Waals surface area contributed by atoms with Crippen LogP contribution in [-0.4, -0.2) is 34.0 Å². The fourth-order valence-electron chi connectivity index (χ4n) is 1.93. The molecule has 1 aromatic carbocycles. The van der Waals surface area contributed by atoms with Gasteiger partial charge in [0.05, 0.1) is 22.9 Å². The molecule has 1 aromatic heterocycles. The van der Waals surface area contributed by atoms with Crippen molar-refractivity contribution in [2.45, 2.75) is 32.3 Å². The van der Waals surface area contributed by atoms with Crippen molar-refractivity contribution in [2.24, 2.45) is 11.0 Å². The first-order valence-corrected chi connectivity index (χ1v) is 9.58. The Kier molecular flexibility index (Phi) is 6.95. The summed E-state index contributed by atoms with van der Waals surface area (Å²) in [6, 6.07) is 3.56. The van der Waals surface area contributed by atoms with Crippen molar-refractivity contribution in [3.63, 3.8) is 0 Å². The van der Waals surface area contributed by atoms with E-state index in [0.29, 0.717) is 28.3 Å². The molecule has 0 N–H and O–H groups in total. The zero-order valence-corrected chi connectivity index (χ0v) is 16.4. The lowest BCUT2D eigenvalue weighted by Crippen LogP contribution is -2.05. The molecule has 0 saturated heterocycles. The number of benzene rings is 1. The summed E-state index contributed by atoms with van der Waals surface area (Å²) in [6.07, 6.45) is 4.37. The van der Waals surface area contributed by atoms with E-state index in [1.807, 2.05) is 13.2 Å². The molecule has 0 saturated carbocycles. The van der Waals surface area contributed by atoms with E-state index in [-0.39, 0.29) is 0 Å². The number of nitrogens with zero attached hydrogens (tertiary/aromatic N) is 4. The maximum atomic E-state index is 6.29. The number of rotatable bonds is 7. The van der Waals surface area contributed by atoms with Gasteiger partial charge >= 0.3 is 0 Å². The zero-order valence-electron chi connectivity index (χ0n) is 14.1. The minimum Gasteiger partial charge on any atom is -0.490 e. The first-order valence-electron chi connectivity index (χ1n) is 7.60. The van der Waals surface area contributed by atoms with Crippen molar-refractivity contribution < 1.29 is 4.74 Å². The molecular formula is C16H20Cl2N4OS. The lowest BCUT2D eigenvalue weighted by molar-refractivity contribution is 0.271. The molecule has 0 aliphatic carbocycles. The Morgan fingerprint density at radius 2 is 1.96 bits per heavy atom. The van der Waals surface area contributed by atoms with Crippen LogP contribution < -0.4 is 4.74 Å². The highest BCUT2D eigenvalue weighted by molar-refractivity contribution is 7.98. The molecule has 130 valence electrons. The van der Waals surface area contributed by atoms with Crippen molar-refractivity contribution in [3.05, 3.63) is 33.6 Å². The highest BCUT2D eigenvalue weighted by Crippen LogP contribution is 2.34. The first-order chi connectivity index (χ1) is 11.5. The van der Waals surface area contributed by atoms with Crippen LogP contribution in [-0.2, 0) is 6.42 Å². The number of aryl methyl sites for hydroxylation is 1. The molecule has 0 radical (unpaired) electrons. The van der Waals surface area contributed by atoms with E-state index in [1.165, 1.54) is 11.8 Å². The molecule has 0 bridgehead atoms. The van der Waals surface area contributed by atoms with Crippen molar-refractivity contribution in [3.8, 4) is 5.75 Å². The molecule has 2 aromatic rings. The third-order valence-electron chi connectivity index (χ3n) is 3.08. The second-order valence-electron chi connectivity index (χ2n) is 5.53. The lowest BCUT2D eigenvalue weighted by Gasteiger charge is -2.12. The molecular weight excluding hydrogens is 367 g/mol. The number of aromatic nitrogens is 3. The van der Waals surface area contributed by atoms with Gasteiger partial charge in [-0.3, -0.25) is 0 Å². The minimum atomic E-state index is 0.393. The summed E-state index contributed by atoms with van der Waals surface area (Å²) in [6.45, 7) is 6.70. The SMILES string of the molecule is CCc1nnc(SC)n1/N=C\c1cc(Cl)c(OCC(C)C)c(Cl)c1. The molecule has 0 aliphatic rings. The standard InChI is InChI=1S/C16H20Cl2N4OS/c1-5-14-20-21-16(24-4)22(14)19-8-11-6-12(17)15(13(18)7-11)23-9-10(2)3/h6-8,10H,5,9H2,1-4H3/b19-8-. The van der Waals surface area contributed by atoms with Crippen molar-refractivity contribution in [1.82, 2.24) is 14.9 Å². The predicted octanol–water partition coefficient (Wildman–Crippen LogP) is 4.79. The van der Waals surface area contributed by atoms with Crippen LogP contribution >= 0.6 is 35.0 Å².